The lowest BCUT2D eigenvalue weighted by Gasteiger charge is -2.17. The van der Waals surface area contributed by atoms with Gasteiger partial charge in [-0.2, -0.15) is 0 Å². The van der Waals surface area contributed by atoms with Gasteiger partial charge in [0.1, 0.15) is 0 Å². The molecule has 0 saturated carbocycles. The normalized spacial score (nSPS) is 18.1. The lowest BCUT2D eigenvalue weighted by Crippen LogP contribution is -2.25. The molecule has 0 aliphatic carbocycles. The zero-order chi connectivity index (χ0) is 16.2. The minimum absolute atomic E-state index is 0.0207. The molecule has 4 heteroatoms. The van der Waals surface area contributed by atoms with Gasteiger partial charge in [-0.1, -0.05) is 11.6 Å². The molecule has 124 valence electrons. The summed E-state index contributed by atoms with van der Waals surface area (Å²) in [5.41, 5.74) is 2.97. The maximum Gasteiger partial charge on any atom is 0.252 e. The van der Waals surface area contributed by atoms with Crippen molar-refractivity contribution in [1.82, 2.24) is 9.88 Å². The highest BCUT2D eigenvalue weighted by Gasteiger charge is 2.15. The Morgan fingerprint density at radius 1 is 1.35 bits per heavy atom. The van der Waals surface area contributed by atoms with E-state index < -0.39 is 0 Å². The van der Waals surface area contributed by atoms with Gasteiger partial charge in [0.2, 0.25) is 0 Å². The molecule has 1 unspecified atom stereocenters. The number of nitrogens with one attached hydrogen (secondary N) is 1. The number of aromatic nitrogens is 1. The van der Waals surface area contributed by atoms with E-state index in [4.69, 9.17) is 4.74 Å². The van der Waals surface area contributed by atoms with Gasteiger partial charge in [-0.3, -0.25) is 4.79 Å². The maximum absolute atomic E-state index is 12.2. The zero-order valence-corrected chi connectivity index (χ0v) is 14.1. The Balaban J connectivity index is 1.60. The second-order valence-electron chi connectivity index (χ2n) is 6.73. The van der Waals surface area contributed by atoms with E-state index >= 15 is 0 Å². The van der Waals surface area contributed by atoms with Crippen molar-refractivity contribution in [3.8, 4) is 0 Å². The van der Waals surface area contributed by atoms with Gasteiger partial charge < -0.3 is 14.6 Å². The van der Waals surface area contributed by atoms with Gasteiger partial charge in [-0.05, 0) is 69.8 Å². The molecule has 1 fully saturated rings. The molecule has 1 atom stereocenters. The molecule has 1 aromatic heterocycles. The number of nitrogens with zero attached hydrogens (tertiary/aromatic N) is 1. The van der Waals surface area contributed by atoms with Gasteiger partial charge in [0, 0.05) is 24.2 Å². The second-order valence-corrected chi connectivity index (χ2v) is 6.73. The third-order valence-electron chi connectivity index (χ3n) is 4.61. The molecular formula is C19H26N2O2. The summed E-state index contributed by atoms with van der Waals surface area (Å²) in [7, 11) is 2.08. The van der Waals surface area contributed by atoms with E-state index in [-0.39, 0.29) is 5.56 Å². The minimum atomic E-state index is 0.0207. The van der Waals surface area contributed by atoms with Gasteiger partial charge in [0.15, 0.2) is 0 Å². The number of benzene rings is 1. The van der Waals surface area contributed by atoms with Crippen molar-refractivity contribution >= 4 is 10.9 Å². The SMILES string of the molecule is Cc1ccc2[nH]c(=O)c(CN(C)CCCC3CCCO3)cc2c1. The van der Waals surface area contributed by atoms with Crippen LogP contribution in [0.1, 0.15) is 36.8 Å². The molecule has 0 bridgehead atoms. The average Bonchev–Trinajstić information content (AvgIpc) is 3.02. The van der Waals surface area contributed by atoms with Crippen molar-refractivity contribution in [3.63, 3.8) is 0 Å². The fourth-order valence-corrected chi connectivity index (χ4v) is 3.32. The monoisotopic (exact) mass is 314 g/mol. The molecule has 3 rings (SSSR count). The van der Waals surface area contributed by atoms with E-state index in [1.54, 1.807) is 0 Å². The van der Waals surface area contributed by atoms with E-state index in [2.05, 4.69) is 29.9 Å². The first kappa shape index (κ1) is 16.2. The molecule has 1 aromatic carbocycles. The third-order valence-corrected chi connectivity index (χ3v) is 4.61. The number of aryl methyl sites for hydroxylation is 1. The molecule has 0 amide bonds. The van der Waals surface area contributed by atoms with E-state index in [1.165, 1.54) is 18.4 Å². The van der Waals surface area contributed by atoms with Gasteiger partial charge in [-0.15, -0.1) is 0 Å². The largest absolute Gasteiger partial charge is 0.378 e. The summed E-state index contributed by atoms with van der Waals surface area (Å²) >= 11 is 0. The van der Waals surface area contributed by atoms with Crippen molar-refractivity contribution < 1.29 is 4.74 Å². The van der Waals surface area contributed by atoms with E-state index in [0.29, 0.717) is 12.6 Å². The minimum Gasteiger partial charge on any atom is -0.378 e. The summed E-state index contributed by atoms with van der Waals surface area (Å²) in [5, 5.41) is 1.10. The first-order chi connectivity index (χ1) is 11.1. The average molecular weight is 314 g/mol. The molecule has 0 spiro atoms. The van der Waals surface area contributed by atoms with Crippen LogP contribution in [-0.4, -0.2) is 36.2 Å². The quantitative estimate of drug-likeness (QED) is 0.890. The number of aromatic amines is 1. The third kappa shape index (κ3) is 4.21. The van der Waals surface area contributed by atoms with Gasteiger partial charge in [-0.25, -0.2) is 0 Å². The first-order valence-corrected chi connectivity index (χ1v) is 8.54. The summed E-state index contributed by atoms with van der Waals surface area (Å²) in [6.07, 6.45) is 5.10. The van der Waals surface area contributed by atoms with Crippen molar-refractivity contribution in [2.24, 2.45) is 0 Å². The fourth-order valence-electron chi connectivity index (χ4n) is 3.32. The molecule has 1 aliphatic heterocycles. The van der Waals surface area contributed by atoms with E-state index in [1.807, 2.05) is 18.2 Å². The van der Waals surface area contributed by atoms with Crippen LogP contribution in [0.5, 0.6) is 0 Å². The number of rotatable bonds is 6. The topological polar surface area (TPSA) is 45.3 Å². The summed E-state index contributed by atoms with van der Waals surface area (Å²) in [5.74, 6) is 0. The van der Waals surface area contributed by atoms with Gasteiger partial charge in [0.25, 0.3) is 5.56 Å². The Morgan fingerprint density at radius 3 is 3.00 bits per heavy atom. The Labute approximate surface area is 137 Å². The second kappa shape index (κ2) is 7.28. The highest BCUT2D eigenvalue weighted by molar-refractivity contribution is 5.79. The predicted molar refractivity (Wildman–Crippen MR) is 93.8 cm³/mol. The zero-order valence-electron chi connectivity index (χ0n) is 14.1. The van der Waals surface area contributed by atoms with Crippen LogP contribution in [-0.2, 0) is 11.3 Å². The van der Waals surface area contributed by atoms with Crippen molar-refractivity contribution in [2.45, 2.75) is 45.3 Å². The number of hydrogen-bond acceptors (Lipinski definition) is 3. The van der Waals surface area contributed by atoms with Crippen LogP contribution in [0.4, 0.5) is 0 Å². The standard InChI is InChI=1S/C19H26N2O2/c1-14-7-8-18-15(11-14)12-16(19(22)20-18)13-21(2)9-3-5-17-6-4-10-23-17/h7-8,11-12,17H,3-6,9-10,13H2,1-2H3,(H,20,22). The smallest absolute Gasteiger partial charge is 0.252 e. The van der Waals surface area contributed by atoms with Crippen LogP contribution in [0.25, 0.3) is 10.9 Å². The Bertz CT molecular complexity index is 717. The summed E-state index contributed by atoms with van der Waals surface area (Å²) in [6, 6.07) is 8.14. The fraction of sp³-hybridized carbons (Fsp3) is 0.526. The van der Waals surface area contributed by atoms with Crippen LogP contribution in [0.2, 0.25) is 0 Å². The molecule has 2 heterocycles. The number of hydrogen-bond donors (Lipinski definition) is 1. The van der Waals surface area contributed by atoms with Crippen LogP contribution in [0.3, 0.4) is 0 Å². The summed E-state index contributed by atoms with van der Waals surface area (Å²) in [4.78, 5) is 17.4. The number of pyridine rings is 1. The molecule has 0 radical (unpaired) electrons. The van der Waals surface area contributed by atoms with E-state index in [9.17, 15) is 4.79 Å². The van der Waals surface area contributed by atoms with Crippen molar-refractivity contribution in [2.75, 3.05) is 20.2 Å². The first-order valence-electron chi connectivity index (χ1n) is 8.54. The van der Waals surface area contributed by atoms with Crippen LogP contribution in [0, 0.1) is 6.92 Å². The lowest BCUT2D eigenvalue weighted by molar-refractivity contribution is 0.0995. The Morgan fingerprint density at radius 2 is 2.22 bits per heavy atom. The maximum atomic E-state index is 12.2. The molecule has 1 saturated heterocycles. The molecule has 1 aliphatic rings. The van der Waals surface area contributed by atoms with Gasteiger partial charge in [0.05, 0.1) is 6.10 Å². The van der Waals surface area contributed by atoms with E-state index in [0.717, 1.165) is 42.5 Å². The van der Waals surface area contributed by atoms with Crippen molar-refractivity contribution in [1.29, 1.82) is 0 Å². The molecule has 2 aromatic rings. The number of H-pyrrole nitrogens is 1. The number of ether oxygens (including phenoxy) is 1. The van der Waals surface area contributed by atoms with Gasteiger partial charge >= 0.3 is 0 Å². The van der Waals surface area contributed by atoms with Crippen LogP contribution in [0.15, 0.2) is 29.1 Å². The molecular weight excluding hydrogens is 288 g/mol. The Kier molecular flexibility index (Phi) is 5.13. The highest BCUT2D eigenvalue weighted by Crippen LogP contribution is 2.17. The summed E-state index contributed by atoms with van der Waals surface area (Å²) < 4.78 is 5.66. The molecule has 1 N–H and O–H groups in total. The predicted octanol–water partition coefficient (Wildman–Crippen LogP) is 3.23. The number of fused-ring (bicyclic) bond motifs is 1. The highest BCUT2D eigenvalue weighted by atomic mass is 16.5. The summed E-state index contributed by atoms with van der Waals surface area (Å²) in [6.45, 7) is 4.67. The Hall–Kier alpha value is -1.65. The molecule has 23 heavy (non-hydrogen) atoms. The molecule has 4 nitrogen and oxygen atoms in total. The lowest BCUT2D eigenvalue weighted by atomic mass is 10.1. The van der Waals surface area contributed by atoms with Crippen molar-refractivity contribution in [3.05, 3.63) is 45.7 Å². The van der Waals surface area contributed by atoms with Crippen LogP contribution >= 0.6 is 0 Å². The van der Waals surface area contributed by atoms with Crippen LogP contribution < -0.4 is 5.56 Å².